The van der Waals surface area contributed by atoms with E-state index in [1.165, 1.54) is 6.07 Å². The molecule has 0 atom stereocenters. The number of ketones is 1. The Morgan fingerprint density at radius 3 is 2.61 bits per heavy atom. The quantitative estimate of drug-likeness (QED) is 0.742. The minimum atomic E-state index is -0.296. The zero-order valence-corrected chi connectivity index (χ0v) is 11.4. The fourth-order valence-electron chi connectivity index (χ4n) is 1.77. The van der Waals surface area contributed by atoms with Crippen molar-refractivity contribution in [2.24, 2.45) is 5.92 Å². The summed E-state index contributed by atoms with van der Waals surface area (Å²) in [7, 11) is 1.93. The molecule has 100 valence electrons. The molecule has 1 rings (SSSR count). The lowest BCUT2D eigenvalue weighted by Gasteiger charge is -2.16. The molecule has 1 aromatic rings. The number of carbonyl (C=O) groups is 1. The molecule has 0 unspecified atom stereocenters. The summed E-state index contributed by atoms with van der Waals surface area (Å²) in [6, 6.07) is 6.46. The van der Waals surface area contributed by atoms with Crippen LogP contribution in [0.5, 0.6) is 0 Å². The Kier molecular flexibility index (Phi) is 5.99. The Hall–Kier alpha value is -1.22. The van der Waals surface area contributed by atoms with Gasteiger partial charge in [0.25, 0.3) is 0 Å². The standard InChI is InChI=1S/C15H22FNO/c1-12(2)8-9-17(3)11-14(18)10-13-6-4-5-7-15(13)16/h4-7,12H,8-11H2,1-3H3. The summed E-state index contributed by atoms with van der Waals surface area (Å²) in [6.07, 6.45) is 1.25. The summed E-state index contributed by atoms with van der Waals surface area (Å²) in [5.74, 6) is 0.399. The van der Waals surface area contributed by atoms with E-state index in [9.17, 15) is 9.18 Å². The van der Waals surface area contributed by atoms with Gasteiger partial charge in [0.05, 0.1) is 6.54 Å². The van der Waals surface area contributed by atoms with Crippen molar-refractivity contribution in [2.75, 3.05) is 20.1 Å². The first kappa shape index (κ1) is 14.8. The molecule has 0 aliphatic carbocycles. The van der Waals surface area contributed by atoms with Crippen LogP contribution in [0.25, 0.3) is 0 Å². The third-order valence-electron chi connectivity index (χ3n) is 2.88. The molecule has 3 heteroatoms. The van der Waals surface area contributed by atoms with Crippen molar-refractivity contribution in [1.82, 2.24) is 4.90 Å². The van der Waals surface area contributed by atoms with Gasteiger partial charge < -0.3 is 0 Å². The average molecular weight is 251 g/mol. The highest BCUT2D eigenvalue weighted by Gasteiger charge is 2.10. The normalized spacial score (nSPS) is 11.2. The number of benzene rings is 1. The van der Waals surface area contributed by atoms with Crippen LogP contribution in [0, 0.1) is 11.7 Å². The lowest BCUT2D eigenvalue weighted by molar-refractivity contribution is -0.119. The number of halogens is 1. The van der Waals surface area contributed by atoms with E-state index in [-0.39, 0.29) is 18.0 Å². The first-order valence-corrected chi connectivity index (χ1v) is 6.42. The van der Waals surface area contributed by atoms with Gasteiger partial charge in [0.1, 0.15) is 5.82 Å². The molecule has 0 spiro atoms. The Labute approximate surface area is 109 Å². The number of rotatable bonds is 7. The Bertz CT molecular complexity index is 390. The number of hydrogen-bond acceptors (Lipinski definition) is 2. The second-order valence-corrected chi connectivity index (χ2v) is 5.23. The summed E-state index contributed by atoms with van der Waals surface area (Å²) >= 11 is 0. The van der Waals surface area contributed by atoms with E-state index >= 15 is 0 Å². The summed E-state index contributed by atoms with van der Waals surface area (Å²) in [4.78, 5) is 13.8. The van der Waals surface area contributed by atoms with Crippen LogP contribution in [-0.4, -0.2) is 30.8 Å². The molecule has 0 amide bonds. The van der Waals surface area contributed by atoms with Gasteiger partial charge in [0.15, 0.2) is 5.78 Å². The fraction of sp³-hybridized carbons (Fsp3) is 0.533. The molecule has 0 saturated heterocycles. The molecule has 0 aliphatic heterocycles. The van der Waals surface area contributed by atoms with E-state index in [1.54, 1.807) is 18.2 Å². The number of nitrogens with zero attached hydrogens (tertiary/aromatic N) is 1. The largest absolute Gasteiger partial charge is 0.299 e. The SMILES string of the molecule is CC(C)CCN(C)CC(=O)Cc1ccccc1F. The van der Waals surface area contributed by atoms with Crippen LogP contribution in [0.15, 0.2) is 24.3 Å². The van der Waals surface area contributed by atoms with Crippen LogP contribution >= 0.6 is 0 Å². The topological polar surface area (TPSA) is 20.3 Å². The predicted octanol–water partition coefficient (Wildman–Crippen LogP) is 2.92. The molecule has 0 aliphatic rings. The molecule has 0 radical (unpaired) electrons. The monoisotopic (exact) mass is 251 g/mol. The van der Waals surface area contributed by atoms with Gasteiger partial charge in [-0.3, -0.25) is 9.69 Å². The van der Waals surface area contributed by atoms with E-state index in [0.717, 1.165) is 13.0 Å². The van der Waals surface area contributed by atoms with Gasteiger partial charge in [-0.1, -0.05) is 32.0 Å². The smallest absolute Gasteiger partial charge is 0.151 e. The first-order valence-electron chi connectivity index (χ1n) is 6.42. The van der Waals surface area contributed by atoms with Crippen LogP contribution < -0.4 is 0 Å². The summed E-state index contributed by atoms with van der Waals surface area (Å²) in [6.45, 7) is 5.62. The summed E-state index contributed by atoms with van der Waals surface area (Å²) in [5, 5.41) is 0. The molecular formula is C15H22FNO. The zero-order valence-electron chi connectivity index (χ0n) is 11.4. The molecule has 0 heterocycles. The van der Waals surface area contributed by atoms with Crippen LogP contribution in [0.4, 0.5) is 4.39 Å². The summed E-state index contributed by atoms with van der Waals surface area (Å²) in [5.41, 5.74) is 0.486. The second kappa shape index (κ2) is 7.27. The molecule has 18 heavy (non-hydrogen) atoms. The Balaban J connectivity index is 2.40. The van der Waals surface area contributed by atoms with Gasteiger partial charge in [-0.25, -0.2) is 4.39 Å². The highest BCUT2D eigenvalue weighted by atomic mass is 19.1. The second-order valence-electron chi connectivity index (χ2n) is 5.23. The molecule has 1 aromatic carbocycles. The molecule has 2 nitrogen and oxygen atoms in total. The third-order valence-corrected chi connectivity index (χ3v) is 2.88. The maximum atomic E-state index is 13.4. The zero-order chi connectivity index (χ0) is 13.5. The number of carbonyl (C=O) groups excluding carboxylic acids is 1. The van der Waals surface area contributed by atoms with E-state index in [4.69, 9.17) is 0 Å². The van der Waals surface area contributed by atoms with Crippen molar-refractivity contribution in [3.8, 4) is 0 Å². The van der Waals surface area contributed by atoms with E-state index in [0.29, 0.717) is 18.0 Å². The number of Topliss-reactive ketones (excluding diaryl/α,β-unsaturated/α-hetero) is 1. The maximum Gasteiger partial charge on any atom is 0.151 e. The van der Waals surface area contributed by atoms with Gasteiger partial charge in [-0.05, 0) is 37.6 Å². The van der Waals surface area contributed by atoms with E-state index in [1.807, 2.05) is 11.9 Å². The van der Waals surface area contributed by atoms with Crippen molar-refractivity contribution in [3.05, 3.63) is 35.6 Å². The highest BCUT2D eigenvalue weighted by molar-refractivity contribution is 5.82. The van der Waals surface area contributed by atoms with E-state index in [2.05, 4.69) is 13.8 Å². The van der Waals surface area contributed by atoms with Crippen LogP contribution in [0.2, 0.25) is 0 Å². The van der Waals surface area contributed by atoms with Gasteiger partial charge in [-0.2, -0.15) is 0 Å². The third kappa shape index (κ3) is 5.41. The van der Waals surface area contributed by atoms with Gasteiger partial charge in [0.2, 0.25) is 0 Å². The predicted molar refractivity (Wildman–Crippen MR) is 72.1 cm³/mol. The highest BCUT2D eigenvalue weighted by Crippen LogP contribution is 2.08. The molecular weight excluding hydrogens is 229 g/mol. The average Bonchev–Trinajstić information content (AvgIpc) is 2.29. The lowest BCUT2D eigenvalue weighted by Crippen LogP contribution is -2.28. The van der Waals surface area contributed by atoms with Crippen LogP contribution in [0.3, 0.4) is 0 Å². The van der Waals surface area contributed by atoms with Crippen molar-refractivity contribution >= 4 is 5.78 Å². The van der Waals surface area contributed by atoms with Crippen molar-refractivity contribution in [3.63, 3.8) is 0 Å². The first-order chi connectivity index (χ1) is 8.49. The fourth-order valence-corrected chi connectivity index (χ4v) is 1.77. The molecule has 0 N–H and O–H groups in total. The number of likely N-dealkylation sites (N-methyl/N-ethyl adjacent to an activating group) is 1. The minimum Gasteiger partial charge on any atom is -0.299 e. The summed E-state index contributed by atoms with van der Waals surface area (Å²) < 4.78 is 13.4. The number of hydrogen-bond donors (Lipinski definition) is 0. The van der Waals surface area contributed by atoms with Gasteiger partial charge in [-0.15, -0.1) is 0 Å². The molecule has 0 saturated carbocycles. The van der Waals surface area contributed by atoms with Crippen LogP contribution in [-0.2, 0) is 11.2 Å². The van der Waals surface area contributed by atoms with Crippen molar-refractivity contribution < 1.29 is 9.18 Å². The van der Waals surface area contributed by atoms with Gasteiger partial charge in [0, 0.05) is 6.42 Å². The van der Waals surface area contributed by atoms with Gasteiger partial charge >= 0.3 is 0 Å². The van der Waals surface area contributed by atoms with Crippen molar-refractivity contribution in [2.45, 2.75) is 26.7 Å². The maximum absolute atomic E-state index is 13.4. The van der Waals surface area contributed by atoms with E-state index < -0.39 is 0 Å². The molecule has 0 aromatic heterocycles. The molecule has 0 bridgehead atoms. The van der Waals surface area contributed by atoms with Crippen molar-refractivity contribution in [1.29, 1.82) is 0 Å². The Morgan fingerprint density at radius 2 is 2.00 bits per heavy atom. The minimum absolute atomic E-state index is 0.0614. The van der Waals surface area contributed by atoms with Crippen LogP contribution in [0.1, 0.15) is 25.8 Å². The Morgan fingerprint density at radius 1 is 1.33 bits per heavy atom. The molecule has 0 fully saturated rings. The lowest BCUT2D eigenvalue weighted by atomic mass is 10.1.